The predicted molar refractivity (Wildman–Crippen MR) is 87.4 cm³/mol. The number of para-hydroxylation sites is 1. The lowest BCUT2D eigenvalue weighted by molar-refractivity contribution is -0.0604. The molecule has 0 heterocycles. The Morgan fingerprint density at radius 2 is 1.41 bits per heavy atom. The van der Waals surface area contributed by atoms with E-state index in [1.54, 1.807) is 57.3 Å². The van der Waals surface area contributed by atoms with Gasteiger partial charge < -0.3 is 10.2 Å². The third kappa shape index (κ3) is 2.81. The molecule has 2 rings (SSSR count). The van der Waals surface area contributed by atoms with Gasteiger partial charge in [-0.1, -0.05) is 42.5 Å². The number of hydrogen-bond donors (Lipinski definition) is 2. The Kier molecular flexibility index (Phi) is 4.76. The van der Waals surface area contributed by atoms with Crippen LogP contribution >= 0.6 is 0 Å². The van der Waals surface area contributed by atoms with Crippen LogP contribution in [0.3, 0.4) is 0 Å². The summed E-state index contributed by atoms with van der Waals surface area (Å²) in [6, 6.07) is 16.1. The molecule has 0 aromatic heterocycles. The number of hydrogen-bond acceptors (Lipinski definition) is 3. The first-order valence-electron chi connectivity index (χ1n) is 7.30. The average molecular weight is 300 g/mol. The number of carbonyl (C=O) groups is 1. The van der Waals surface area contributed by atoms with E-state index in [2.05, 4.69) is 0 Å². The van der Waals surface area contributed by atoms with Gasteiger partial charge in [-0.3, -0.25) is 4.79 Å². The van der Waals surface area contributed by atoms with Gasteiger partial charge in [-0.15, -0.1) is 0 Å². The van der Waals surface area contributed by atoms with Gasteiger partial charge in [-0.25, -0.2) is 4.48 Å². The van der Waals surface area contributed by atoms with Gasteiger partial charge in [-0.05, 0) is 6.07 Å². The van der Waals surface area contributed by atoms with Crippen molar-refractivity contribution in [2.24, 2.45) is 0 Å². The molecule has 116 valence electrons. The molecule has 22 heavy (non-hydrogen) atoms. The van der Waals surface area contributed by atoms with E-state index in [-0.39, 0.29) is 10.3 Å². The fraction of sp³-hybridized carbons (Fsp3) is 0.278. The van der Waals surface area contributed by atoms with Gasteiger partial charge in [0.1, 0.15) is 5.69 Å². The van der Waals surface area contributed by atoms with Gasteiger partial charge >= 0.3 is 0 Å². The molecule has 2 atom stereocenters. The summed E-state index contributed by atoms with van der Waals surface area (Å²) in [4.78, 5) is 12.8. The Balaban J connectivity index is 2.59. The van der Waals surface area contributed by atoms with Crippen LogP contribution in [0.25, 0.3) is 0 Å². The maximum Gasteiger partial charge on any atom is 0.199 e. The maximum atomic E-state index is 12.8. The summed E-state index contributed by atoms with van der Waals surface area (Å²) in [6.45, 7) is 3.22. The number of aliphatic hydroxyl groups excluding tert-OH is 2. The van der Waals surface area contributed by atoms with Crippen LogP contribution in [0.15, 0.2) is 54.6 Å². The molecule has 0 bridgehead atoms. The van der Waals surface area contributed by atoms with Crippen molar-refractivity contribution in [2.45, 2.75) is 26.3 Å². The number of carbonyl (C=O) groups excluding carboxylic acids is 1. The van der Waals surface area contributed by atoms with Gasteiger partial charge in [-0.2, -0.15) is 0 Å². The van der Waals surface area contributed by atoms with Crippen molar-refractivity contribution >= 4 is 11.5 Å². The summed E-state index contributed by atoms with van der Waals surface area (Å²) in [5.41, 5.74) is 1.66. The van der Waals surface area contributed by atoms with Crippen molar-refractivity contribution in [1.82, 2.24) is 4.48 Å². The van der Waals surface area contributed by atoms with E-state index < -0.39 is 12.5 Å². The van der Waals surface area contributed by atoms with Crippen LogP contribution in [-0.2, 0) is 0 Å². The smallest absolute Gasteiger partial charge is 0.199 e. The normalized spacial score (nSPS) is 16.6. The fourth-order valence-corrected chi connectivity index (χ4v) is 2.55. The first-order chi connectivity index (χ1) is 10.4. The van der Waals surface area contributed by atoms with Crippen LogP contribution in [0.2, 0.25) is 0 Å². The number of aliphatic hydroxyl groups is 2. The first kappa shape index (κ1) is 16.4. The first-order valence-corrected chi connectivity index (χ1v) is 7.30. The average Bonchev–Trinajstić information content (AvgIpc) is 2.53. The molecule has 0 spiro atoms. The summed E-state index contributed by atoms with van der Waals surface area (Å²) in [7, 11) is 1.71. The molecule has 0 saturated carbocycles. The number of quaternary nitrogens is 1. The van der Waals surface area contributed by atoms with Gasteiger partial charge in [0, 0.05) is 25.5 Å². The summed E-state index contributed by atoms with van der Waals surface area (Å²) in [5, 5.41) is 20.3. The Morgan fingerprint density at radius 1 is 0.909 bits per heavy atom. The second-order valence-electron chi connectivity index (χ2n) is 5.62. The molecule has 0 saturated heterocycles. The minimum absolute atomic E-state index is 0.123. The molecule has 4 heteroatoms. The highest BCUT2D eigenvalue weighted by Gasteiger charge is 2.38. The minimum Gasteiger partial charge on any atom is -0.345 e. The van der Waals surface area contributed by atoms with E-state index in [4.69, 9.17) is 0 Å². The second kappa shape index (κ2) is 6.40. The Hall–Kier alpha value is -2.01. The van der Waals surface area contributed by atoms with E-state index in [0.717, 1.165) is 0 Å². The second-order valence-corrected chi connectivity index (χ2v) is 5.62. The highest BCUT2D eigenvalue weighted by Crippen LogP contribution is 2.31. The molecule has 4 nitrogen and oxygen atoms in total. The summed E-state index contributed by atoms with van der Waals surface area (Å²) in [5.74, 6) is -0.123. The van der Waals surface area contributed by atoms with E-state index in [9.17, 15) is 15.0 Å². The van der Waals surface area contributed by atoms with Gasteiger partial charge in [0.25, 0.3) is 0 Å². The zero-order chi connectivity index (χ0) is 16.3. The Labute approximate surface area is 130 Å². The van der Waals surface area contributed by atoms with E-state index >= 15 is 0 Å². The lowest BCUT2D eigenvalue weighted by Crippen LogP contribution is -2.58. The lowest BCUT2D eigenvalue weighted by Gasteiger charge is -2.39. The summed E-state index contributed by atoms with van der Waals surface area (Å²) >= 11 is 0. The predicted octanol–water partition coefficient (Wildman–Crippen LogP) is 2.53. The van der Waals surface area contributed by atoms with Crippen LogP contribution in [-0.4, -0.2) is 35.5 Å². The molecule has 2 aromatic rings. The molecular formula is C18H22NO3+. The Morgan fingerprint density at radius 3 is 1.95 bits per heavy atom. The third-order valence-electron chi connectivity index (χ3n) is 4.26. The van der Waals surface area contributed by atoms with E-state index in [0.29, 0.717) is 16.8 Å². The van der Waals surface area contributed by atoms with Crippen LogP contribution < -0.4 is 4.48 Å². The van der Waals surface area contributed by atoms with Crippen molar-refractivity contribution in [1.29, 1.82) is 0 Å². The topological polar surface area (TPSA) is 57.5 Å². The van der Waals surface area contributed by atoms with Crippen molar-refractivity contribution in [3.63, 3.8) is 0 Å². The number of benzene rings is 2. The molecule has 0 radical (unpaired) electrons. The van der Waals surface area contributed by atoms with Crippen LogP contribution in [0.4, 0.5) is 5.69 Å². The SMILES string of the molecule is CC(O)[N+](C)(c1ccccc1C(=O)c1ccccc1)C(C)O. The van der Waals surface area contributed by atoms with E-state index in [1.807, 2.05) is 18.2 Å². The summed E-state index contributed by atoms with van der Waals surface area (Å²) < 4.78 is -0.144. The molecular weight excluding hydrogens is 278 g/mol. The molecule has 0 aliphatic rings. The zero-order valence-corrected chi connectivity index (χ0v) is 13.1. The molecule has 2 aromatic carbocycles. The number of ketones is 1. The van der Waals surface area contributed by atoms with Crippen molar-refractivity contribution in [2.75, 3.05) is 7.05 Å². The quantitative estimate of drug-likeness (QED) is 0.507. The van der Waals surface area contributed by atoms with Crippen LogP contribution in [0.5, 0.6) is 0 Å². The molecule has 0 fully saturated rings. The molecule has 0 aliphatic heterocycles. The number of rotatable bonds is 5. The molecule has 2 N–H and O–H groups in total. The third-order valence-corrected chi connectivity index (χ3v) is 4.26. The molecule has 0 aliphatic carbocycles. The largest absolute Gasteiger partial charge is 0.345 e. The van der Waals surface area contributed by atoms with Gasteiger partial charge in [0.2, 0.25) is 0 Å². The van der Waals surface area contributed by atoms with Crippen LogP contribution in [0.1, 0.15) is 29.8 Å². The Bertz CT molecular complexity index is 642. The fourth-order valence-electron chi connectivity index (χ4n) is 2.55. The summed E-state index contributed by atoms with van der Waals surface area (Å²) in [6.07, 6.45) is -1.71. The standard InChI is InChI=1S/C18H22NO3/c1-13(20)19(3,14(2)21)17-12-8-7-11-16(17)18(22)15-9-5-4-6-10-15/h4-14,20-21H,1-3H3/q+1. The van der Waals surface area contributed by atoms with Crippen molar-refractivity contribution in [3.8, 4) is 0 Å². The maximum absolute atomic E-state index is 12.8. The monoisotopic (exact) mass is 300 g/mol. The zero-order valence-electron chi connectivity index (χ0n) is 13.1. The molecule has 2 unspecified atom stereocenters. The van der Waals surface area contributed by atoms with Crippen LogP contribution in [0, 0.1) is 0 Å². The number of nitrogens with zero attached hydrogens (tertiary/aromatic N) is 1. The van der Waals surface area contributed by atoms with Gasteiger partial charge in [0.05, 0.1) is 12.6 Å². The van der Waals surface area contributed by atoms with Gasteiger partial charge in [0.15, 0.2) is 18.2 Å². The highest BCUT2D eigenvalue weighted by atomic mass is 16.3. The van der Waals surface area contributed by atoms with Crippen molar-refractivity contribution < 1.29 is 15.0 Å². The minimum atomic E-state index is -0.857. The highest BCUT2D eigenvalue weighted by molar-refractivity contribution is 6.12. The lowest BCUT2D eigenvalue weighted by atomic mass is 9.99. The molecule has 0 amide bonds. The van der Waals surface area contributed by atoms with E-state index in [1.165, 1.54) is 0 Å². The van der Waals surface area contributed by atoms with Crippen molar-refractivity contribution in [3.05, 3.63) is 65.7 Å².